The van der Waals surface area contributed by atoms with Crippen molar-refractivity contribution >= 4 is 39.5 Å². The predicted octanol–water partition coefficient (Wildman–Crippen LogP) is 17.1. The summed E-state index contributed by atoms with van der Waals surface area (Å²) in [4.78, 5) is 72.1. The Bertz CT molecular complexity index is 1630. The van der Waals surface area contributed by atoms with Crippen molar-refractivity contribution in [2.45, 2.75) is 324 Å². The Morgan fingerprint density at radius 1 is 0.354 bits per heavy atom. The summed E-state index contributed by atoms with van der Waals surface area (Å²) >= 11 is 0. The number of esters is 4. The van der Waals surface area contributed by atoms with E-state index in [4.69, 9.17) is 37.0 Å². The lowest BCUT2D eigenvalue weighted by molar-refractivity contribution is -0.161. The number of phosphoric acid groups is 2. The fraction of sp³-hybridized carbons (Fsp3) is 0.937. The Morgan fingerprint density at radius 3 is 0.927 bits per heavy atom. The molecule has 0 spiro atoms. The summed E-state index contributed by atoms with van der Waals surface area (Å²) in [5, 5.41) is 10.5. The van der Waals surface area contributed by atoms with Gasteiger partial charge >= 0.3 is 39.5 Å². The van der Waals surface area contributed by atoms with Gasteiger partial charge in [0, 0.05) is 25.7 Å². The summed E-state index contributed by atoms with van der Waals surface area (Å²) in [5.41, 5.74) is 0. The highest BCUT2D eigenvalue weighted by Gasteiger charge is 2.30. The van der Waals surface area contributed by atoms with Gasteiger partial charge in [0.25, 0.3) is 0 Å². The Balaban J connectivity index is 5.24. The Hall–Kier alpha value is -1.94. The summed E-state index contributed by atoms with van der Waals surface area (Å²) in [6, 6.07) is 0. The molecule has 0 heterocycles. The minimum atomic E-state index is -4.94. The van der Waals surface area contributed by atoms with Crippen LogP contribution in [0.2, 0.25) is 0 Å². The molecule has 0 aromatic heterocycles. The SMILES string of the molecule is CCCCCCCCCCC(=O)OC[C@H](COP(=O)(O)OC[C@H](O)COP(=O)(O)OC[C@@H](COC(=O)CCCCCCCCC(C)CC)OC(=O)CCCCCCCCCCCCCC(C)C)OC(=O)CCCCCCCCC(C)CC. The summed E-state index contributed by atoms with van der Waals surface area (Å²) in [6.07, 6.45) is 34.9. The van der Waals surface area contributed by atoms with E-state index in [0.29, 0.717) is 25.7 Å². The highest BCUT2D eigenvalue weighted by atomic mass is 31.2. The average Bonchev–Trinajstić information content (AvgIpc) is 3.46. The number of aliphatic hydroxyl groups is 1. The zero-order valence-electron chi connectivity index (χ0n) is 52.9. The molecule has 0 aliphatic rings. The van der Waals surface area contributed by atoms with Gasteiger partial charge in [-0.15, -0.1) is 0 Å². The first-order valence-electron chi connectivity index (χ1n) is 32.9. The number of rotatable bonds is 61. The maximum Gasteiger partial charge on any atom is 0.472 e. The first kappa shape index (κ1) is 80.1. The number of aliphatic hydroxyl groups excluding tert-OH is 1. The van der Waals surface area contributed by atoms with Crippen LogP contribution in [0.15, 0.2) is 0 Å². The van der Waals surface area contributed by atoms with Crippen molar-refractivity contribution in [3.8, 4) is 0 Å². The Kier molecular flexibility index (Phi) is 53.2. The molecule has 0 bridgehead atoms. The molecule has 82 heavy (non-hydrogen) atoms. The molecule has 0 aromatic carbocycles. The number of phosphoric ester groups is 2. The molecule has 7 atom stereocenters. The second-order valence-corrected chi connectivity index (χ2v) is 26.7. The zero-order chi connectivity index (χ0) is 61.0. The maximum absolute atomic E-state index is 13.0. The number of unbranched alkanes of at least 4 members (excludes halogenated alkanes) is 27. The van der Waals surface area contributed by atoms with Gasteiger partial charge in [0.1, 0.15) is 19.3 Å². The van der Waals surface area contributed by atoms with Gasteiger partial charge in [-0.3, -0.25) is 37.3 Å². The molecule has 0 rings (SSSR count). The highest BCUT2D eigenvalue weighted by Crippen LogP contribution is 2.45. The largest absolute Gasteiger partial charge is 0.472 e. The van der Waals surface area contributed by atoms with Crippen LogP contribution < -0.4 is 0 Å². The standard InChI is InChI=1S/C63H122O17P2/c1-8-11-12-13-14-21-30-37-44-60(65)73-50-59(80-63(68)47-40-33-26-24-29-36-43-56(7)10-3)53-78-82(71,72)76-49-57(64)48-75-81(69,70)77-52-58(51-74-61(66)45-38-31-25-23-28-35-42-55(6)9-2)79-62(67)46-39-32-22-19-17-15-16-18-20-27-34-41-54(4)5/h54-59,64H,8-53H2,1-7H3,(H,69,70)(H,71,72)/t55?,56?,57-,58-,59-/m1/s1. The number of hydrogen-bond donors (Lipinski definition) is 3. The molecule has 0 fully saturated rings. The fourth-order valence-corrected chi connectivity index (χ4v) is 10.8. The van der Waals surface area contributed by atoms with E-state index in [-0.39, 0.29) is 25.7 Å². The normalized spacial score (nSPS) is 15.1. The van der Waals surface area contributed by atoms with Crippen LogP contribution >= 0.6 is 15.6 Å². The van der Waals surface area contributed by atoms with Crippen LogP contribution in [0.1, 0.15) is 305 Å². The first-order valence-corrected chi connectivity index (χ1v) is 35.9. The van der Waals surface area contributed by atoms with Gasteiger partial charge in [-0.05, 0) is 43.4 Å². The van der Waals surface area contributed by atoms with Crippen molar-refractivity contribution in [1.29, 1.82) is 0 Å². The molecule has 0 aromatic rings. The smallest absolute Gasteiger partial charge is 0.462 e. The topological polar surface area (TPSA) is 237 Å². The lowest BCUT2D eigenvalue weighted by Gasteiger charge is -2.21. The van der Waals surface area contributed by atoms with Crippen LogP contribution in [0.4, 0.5) is 0 Å². The molecule has 0 radical (unpaired) electrons. The van der Waals surface area contributed by atoms with Crippen molar-refractivity contribution in [3.63, 3.8) is 0 Å². The number of hydrogen-bond acceptors (Lipinski definition) is 15. The third-order valence-corrected chi connectivity index (χ3v) is 17.0. The summed E-state index contributed by atoms with van der Waals surface area (Å²) in [7, 11) is -9.88. The molecule has 0 aliphatic heterocycles. The van der Waals surface area contributed by atoms with E-state index in [1.54, 1.807) is 0 Å². The number of carbonyl (C=O) groups excluding carboxylic acids is 4. The highest BCUT2D eigenvalue weighted by molar-refractivity contribution is 7.47. The summed E-state index contributed by atoms with van der Waals surface area (Å²) in [6.45, 7) is 11.7. The average molecular weight is 1210 g/mol. The van der Waals surface area contributed by atoms with E-state index in [1.807, 2.05) is 0 Å². The molecule has 4 unspecified atom stereocenters. The van der Waals surface area contributed by atoms with Gasteiger partial charge in [0.2, 0.25) is 0 Å². The van der Waals surface area contributed by atoms with Crippen molar-refractivity contribution < 1.29 is 80.2 Å². The minimum absolute atomic E-state index is 0.102. The molecule has 0 aliphatic carbocycles. The fourth-order valence-electron chi connectivity index (χ4n) is 9.24. The van der Waals surface area contributed by atoms with Gasteiger partial charge in [0.15, 0.2) is 12.2 Å². The van der Waals surface area contributed by atoms with Crippen LogP contribution in [0.25, 0.3) is 0 Å². The predicted molar refractivity (Wildman–Crippen MR) is 326 cm³/mol. The van der Waals surface area contributed by atoms with Crippen LogP contribution in [0.3, 0.4) is 0 Å². The van der Waals surface area contributed by atoms with Crippen LogP contribution in [0.5, 0.6) is 0 Å². The number of carbonyl (C=O) groups is 4. The van der Waals surface area contributed by atoms with E-state index in [9.17, 15) is 43.2 Å². The van der Waals surface area contributed by atoms with Crippen molar-refractivity contribution in [1.82, 2.24) is 0 Å². The molecule has 0 saturated heterocycles. The molecule has 3 N–H and O–H groups in total. The molecule has 0 saturated carbocycles. The van der Waals surface area contributed by atoms with Crippen molar-refractivity contribution in [3.05, 3.63) is 0 Å². The van der Waals surface area contributed by atoms with E-state index in [1.165, 1.54) is 103 Å². The van der Waals surface area contributed by atoms with E-state index in [0.717, 1.165) is 120 Å². The maximum atomic E-state index is 13.0. The minimum Gasteiger partial charge on any atom is -0.462 e. The monoisotopic (exact) mass is 1210 g/mol. The first-order chi connectivity index (χ1) is 39.3. The summed E-state index contributed by atoms with van der Waals surface area (Å²) < 4.78 is 67.9. The number of ether oxygens (including phenoxy) is 4. The van der Waals surface area contributed by atoms with Crippen LogP contribution in [0, 0.1) is 17.8 Å². The van der Waals surface area contributed by atoms with Gasteiger partial charge in [-0.2, -0.15) is 0 Å². The lowest BCUT2D eigenvalue weighted by Crippen LogP contribution is -2.30. The van der Waals surface area contributed by atoms with E-state index >= 15 is 0 Å². The van der Waals surface area contributed by atoms with Crippen LogP contribution in [-0.2, 0) is 65.4 Å². The second-order valence-electron chi connectivity index (χ2n) is 23.8. The Morgan fingerprint density at radius 2 is 0.622 bits per heavy atom. The van der Waals surface area contributed by atoms with E-state index in [2.05, 4.69) is 48.5 Å². The van der Waals surface area contributed by atoms with Gasteiger partial charge in [-0.25, -0.2) is 9.13 Å². The molecule has 486 valence electrons. The van der Waals surface area contributed by atoms with Crippen molar-refractivity contribution in [2.75, 3.05) is 39.6 Å². The quantitative estimate of drug-likeness (QED) is 0.0222. The van der Waals surface area contributed by atoms with Gasteiger partial charge in [-0.1, -0.05) is 254 Å². The summed E-state index contributed by atoms with van der Waals surface area (Å²) in [5.74, 6) is 0.0741. The molecule has 19 heteroatoms. The molecular formula is C63H122O17P2. The zero-order valence-corrected chi connectivity index (χ0v) is 54.7. The third kappa shape index (κ3) is 54.7. The molecule has 0 amide bonds. The Labute approximate surface area is 498 Å². The van der Waals surface area contributed by atoms with Crippen molar-refractivity contribution in [2.24, 2.45) is 17.8 Å². The third-order valence-electron chi connectivity index (χ3n) is 15.1. The molecular weight excluding hydrogens is 1090 g/mol. The lowest BCUT2D eigenvalue weighted by atomic mass is 10.00. The van der Waals surface area contributed by atoms with Gasteiger partial charge < -0.3 is 33.8 Å². The van der Waals surface area contributed by atoms with Gasteiger partial charge in [0.05, 0.1) is 26.4 Å². The second kappa shape index (κ2) is 54.5. The van der Waals surface area contributed by atoms with Crippen LogP contribution in [-0.4, -0.2) is 96.7 Å². The van der Waals surface area contributed by atoms with E-state index < -0.39 is 97.5 Å². The molecule has 17 nitrogen and oxygen atoms in total.